The van der Waals surface area contributed by atoms with Gasteiger partial charge in [0.2, 0.25) is 0 Å². The molecule has 1 aliphatic heterocycles. The highest BCUT2D eigenvalue weighted by Crippen LogP contribution is 2.27. The molecular formula is C10H8Br2O3. The second-order valence-corrected chi connectivity index (χ2v) is 4.70. The van der Waals surface area contributed by atoms with Crippen molar-refractivity contribution in [2.24, 2.45) is 0 Å². The number of cyclic esters (lactones) is 1. The maximum atomic E-state index is 11.7. The van der Waals surface area contributed by atoms with Gasteiger partial charge in [-0.3, -0.25) is 0 Å². The maximum absolute atomic E-state index is 11.7. The van der Waals surface area contributed by atoms with Crippen LogP contribution in [-0.2, 0) is 4.74 Å². The number of ether oxygens (including phenoxy) is 2. The Kier molecular flexibility index (Phi) is 3.31. The summed E-state index contributed by atoms with van der Waals surface area (Å²) in [5, 5.41) is 0.577. The molecule has 0 aromatic heterocycles. The molecule has 0 saturated heterocycles. The molecule has 1 aliphatic rings. The number of rotatable bonds is 1. The second kappa shape index (κ2) is 4.53. The van der Waals surface area contributed by atoms with Crippen LogP contribution in [0.5, 0.6) is 5.75 Å². The van der Waals surface area contributed by atoms with Crippen LogP contribution in [0.3, 0.4) is 0 Å². The molecule has 5 heteroatoms. The van der Waals surface area contributed by atoms with Crippen LogP contribution >= 0.6 is 31.9 Å². The average molecular weight is 336 g/mol. The monoisotopic (exact) mass is 334 g/mol. The first kappa shape index (κ1) is 11.0. The molecule has 0 fully saturated rings. The summed E-state index contributed by atoms with van der Waals surface area (Å²) in [4.78, 5) is 11.7. The van der Waals surface area contributed by atoms with E-state index in [4.69, 9.17) is 9.47 Å². The van der Waals surface area contributed by atoms with Gasteiger partial charge in [0.25, 0.3) is 0 Å². The molecule has 0 radical (unpaired) electrons. The van der Waals surface area contributed by atoms with Crippen LogP contribution in [0.15, 0.2) is 22.7 Å². The summed E-state index contributed by atoms with van der Waals surface area (Å²) in [6, 6.07) is 5.30. The Morgan fingerprint density at radius 1 is 1.47 bits per heavy atom. The fraction of sp³-hybridized carbons (Fsp3) is 0.300. The topological polar surface area (TPSA) is 35.5 Å². The number of halogens is 2. The standard InChI is InChI=1S/C10H8Br2O3/c11-4-7-5-14-9-2-1-6(12)3-8(9)10(13)15-7/h1-3,7H,4-5H2. The lowest BCUT2D eigenvalue weighted by Gasteiger charge is -2.10. The maximum Gasteiger partial charge on any atom is 0.342 e. The van der Waals surface area contributed by atoms with Gasteiger partial charge in [-0.25, -0.2) is 4.79 Å². The molecule has 0 saturated carbocycles. The predicted octanol–water partition coefficient (Wildman–Crippen LogP) is 2.76. The van der Waals surface area contributed by atoms with Gasteiger partial charge >= 0.3 is 5.97 Å². The molecule has 3 nitrogen and oxygen atoms in total. The van der Waals surface area contributed by atoms with E-state index in [0.29, 0.717) is 23.2 Å². The summed E-state index contributed by atoms with van der Waals surface area (Å²) in [6.07, 6.45) is -0.233. The molecule has 1 unspecified atom stereocenters. The molecule has 0 bridgehead atoms. The van der Waals surface area contributed by atoms with Crippen molar-refractivity contribution in [2.45, 2.75) is 6.10 Å². The number of carbonyl (C=O) groups excluding carboxylic acids is 1. The molecule has 1 aromatic rings. The largest absolute Gasteiger partial charge is 0.489 e. The fourth-order valence-electron chi connectivity index (χ4n) is 1.30. The van der Waals surface area contributed by atoms with E-state index in [-0.39, 0.29) is 12.1 Å². The highest BCUT2D eigenvalue weighted by atomic mass is 79.9. The summed E-state index contributed by atoms with van der Waals surface area (Å²) >= 11 is 6.57. The third-order valence-corrected chi connectivity index (χ3v) is 3.25. The van der Waals surface area contributed by atoms with Crippen LogP contribution in [0.25, 0.3) is 0 Å². The van der Waals surface area contributed by atoms with E-state index in [2.05, 4.69) is 31.9 Å². The van der Waals surface area contributed by atoms with Crippen molar-refractivity contribution >= 4 is 37.8 Å². The van der Waals surface area contributed by atoms with E-state index in [1.54, 1.807) is 12.1 Å². The van der Waals surface area contributed by atoms with Crippen molar-refractivity contribution in [1.29, 1.82) is 0 Å². The molecule has 1 heterocycles. The van der Waals surface area contributed by atoms with Gasteiger partial charge < -0.3 is 9.47 Å². The predicted molar refractivity (Wildman–Crippen MR) is 62.6 cm³/mol. The Balaban J connectivity index is 2.35. The first-order chi connectivity index (χ1) is 7.20. The van der Waals surface area contributed by atoms with Crippen molar-refractivity contribution in [3.63, 3.8) is 0 Å². The normalized spacial score (nSPS) is 19.9. The SMILES string of the molecule is O=C1OC(CBr)COc2ccc(Br)cc21. The number of hydrogen-bond acceptors (Lipinski definition) is 3. The summed E-state index contributed by atoms with van der Waals surface area (Å²) < 4.78 is 11.5. The highest BCUT2D eigenvalue weighted by molar-refractivity contribution is 9.10. The van der Waals surface area contributed by atoms with E-state index in [0.717, 1.165) is 4.47 Å². The van der Waals surface area contributed by atoms with Gasteiger partial charge in [-0.2, -0.15) is 0 Å². The minimum absolute atomic E-state index is 0.233. The van der Waals surface area contributed by atoms with E-state index in [9.17, 15) is 4.79 Å². The van der Waals surface area contributed by atoms with Gasteiger partial charge in [0.1, 0.15) is 24.0 Å². The molecule has 0 spiro atoms. The third-order valence-electron chi connectivity index (χ3n) is 2.03. The van der Waals surface area contributed by atoms with Gasteiger partial charge in [0.05, 0.1) is 0 Å². The van der Waals surface area contributed by atoms with E-state index in [1.807, 2.05) is 6.07 Å². The average Bonchev–Trinajstić information content (AvgIpc) is 2.39. The summed E-state index contributed by atoms with van der Waals surface area (Å²) in [5.74, 6) is 0.236. The van der Waals surface area contributed by atoms with Crippen LogP contribution in [0.4, 0.5) is 0 Å². The van der Waals surface area contributed by atoms with E-state index in [1.165, 1.54) is 0 Å². The van der Waals surface area contributed by atoms with Crippen LogP contribution < -0.4 is 4.74 Å². The number of esters is 1. The molecule has 0 aliphatic carbocycles. The number of fused-ring (bicyclic) bond motifs is 1. The Labute approximate surface area is 104 Å². The lowest BCUT2D eigenvalue weighted by molar-refractivity contribution is 0.0303. The van der Waals surface area contributed by atoms with Gasteiger partial charge in [-0.05, 0) is 18.2 Å². The summed E-state index contributed by atoms with van der Waals surface area (Å²) in [7, 11) is 0. The summed E-state index contributed by atoms with van der Waals surface area (Å²) in [5.41, 5.74) is 0.466. The summed E-state index contributed by atoms with van der Waals surface area (Å²) in [6.45, 7) is 0.381. The molecule has 80 valence electrons. The number of hydrogen-bond donors (Lipinski definition) is 0. The molecule has 1 atom stereocenters. The van der Waals surface area contributed by atoms with Crippen LogP contribution in [0, 0.1) is 0 Å². The molecule has 1 aromatic carbocycles. The van der Waals surface area contributed by atoms with Crippen molar-refractivity contribution in [1.82, 2.24) is 0 Å². The first-order valence-electron chi connectivity index (χ1n) is 4.40. The Bertz CT molecular complexity index is 392. The van der Waals surface area contributed by atoms with Crippen molar-refractivity contribution in [2.75, 3.05) is 11.9 Å². The van der Waals surface area contributed by atoms with Crippen LogP contribution in [0.1, 0.15) is 10.4 Å². The minimum Gasteiger partial charge on any atom is -0.489 e. The highest BCUT2D eigenvalue weighted by Gasteiger charge is 2.24. The smallest absolute Gasteiger partial charge is 0.342 e. The lowest BCUT2D eigenvalue weighted by atomic mass is 10.2. The van der Waals surface area contributed by atoms with Crippen molar-refractivity contribution in [3.8, 4) is 5.75 Å². The molecule has 0 N–H and O–H groups in total. The molecule has 0 amide bonds. The van der Waals surface area contributed by atoms with Gasteiger partial charge in [-0.15, -0.1) is 0 Å². The molecule has 15 heavy (non-hydrogen) atoms. The number of alkyl halides is 1. The third kappa shape index (κ3) is 2.34. The van der Waals surface area contributed by atoms with Crippen molar-refractivity contribution in [3.05, 3.63) is 28.2 Å². The Hall–Kier alpha value is -0.550. The first-order valence-corrected chi connectivity index (χ1v) is 6.31. The van der Waals surface area contributed by atoms with E-state index < -0.39 is 0 Å². The van der Waals surface area contributed by atoms with Gasteiger partial charge in [0.15, 0.2) is 0 Å². The molecule has 2 rings (SSSR count). The zero-order valence-electron chi connectivity index (χ0n) is 7.70. The minimum atomic E-state index is -0.340. The number of carbonyl (C=O) groups is 1. The van der Waals surface area contributed by atoms with Crippen LogP contribution in [0.2, 0.25) is 0 Å². The molecular weight excluding hydrogens is 328 g/mol. The van der Waals surface area contributed by atoms with Crippen molar-refractivity contribution < 1.29 is 14.3 Å². The Morgan fingerprint density at radius 2 is 2.27 bits per heavy atom. The Morgan fingerprint density at radius 3 is 3.00 bits per heavy atom. The van der Waals surface area contributed by atoms with Gasteiger partial charge in [0, 0.05) is 9.80 Å². The second-order valence-electron chi connectivity index (χ2n) is 3.13. The van der Waals surface area contributed by atoms with Gasteiger partial charge in [-0.1, -0.05) is 31.9 Å². The quantitative estimate of drug-likeness (QED) is 0.584. The zero-order valence-corrected chi connectivity index (χ0v) is 10.9. The fourth-order valence-corrected chi connectivity index (χ4v) is 1.98. The number of benzene rings is 1. The van der Waals surface area contributed by atoms with E-state index >= 15 is 0 Å². The zero-order chi connectivity index (χ0) is 10.8. The lowest BCUT2D eigenvalue weighted by Crippen LogP contribution is -2.23. The van der Waals surface area contributed by atoms with Crippen LogP contribution in [-0.4, -0.2) is 24.0 Å².